The first-order chi connectivity index (χ1) is 8.25. The molecule has 1 unspecified atom stereocenters. The summed E-state index contributed by atoms with van der Waals surface area (Å²) in [6, 6.07) is 15.1. The van der Waals surface area contributed by atoms with Crippen LogP contribution in [-0.2, 0) is 0 Å². The number of hydrogen-bond acceptors (Lipinski definition) is 0. The van der Waals surface area contributed by atoms with Crippen molar-refractivity contribution >= 4 is 22.0 Å². The molecule has 84 valence electrons. The molecular weight excluding hydrogens is 272 g/mol. The van der Waals surface area contributed by atoms with Gasteiger partial charge in [-0.2, -0.15) is 0 Å². The number of benzene rings is 2. The highest BCUT2D eigenvalue weighted by Gasteiger charge is 2.20. The molecule has 2 aromatic carbocycles. The van der Waals surface area contributed by atoms with Crippen LogP contribution in [0.25, 0.3) is 6.08 Å². The standard InChI is InChI=1S/C16H13Br/c1-11-9-15-13(12-5-3-2-4-6-12)7-8-14(15)16(17)10-11/h2-10,13H,1H3. The van der Waals surface area contributed by atoms with Crippen LogP contribution in [0.1, 0.15) is 28.2 Å². The van der Waals surface area contributed by atoms with Gasteiger partial charge in [-0.25, -0.2) is 0 Å². The van der Waals surface area contributed by atoms with E-state index in [0.29, 0.717) is 5.92 Å². The summed E-state index contributed by atoms with van der Waals surface area (Å²) < 4.78 is 1.20. The predicted octanol–water partition coefficient (Wildman–Crippen LogP) is 4.92. The van der Waals surface area contributed by atoms with Gasteiger partial charge < -0.3 is 0 Å². The quantitative estimate of drug-likeness (QED) is 0.698. The first-order valence-electron chi connectivity index (χ1n) is 5.79. The highest BCUT2D eigenvalue weighted by Crippen LogP contribution is 2.39. The van der Waals surface area contributed by atoms with Crippen molar-refractivity contribution in [1.82, 2.24) is 0 Å². The van der Waals surface area contributed by atoms with E-state index in [4.69, 9.17) is 0 Å². The van der Waals surface area contributed by atoms with Crippen LogP contribution >= 0.6 is 15.9 Å². The van der Waals surface area contributed by atoms with Gasteiger partial charge in [-0.05, 0) is 35.2 Å². The first-order valence-corrected chi connectivity index (χ1v) is 6.58. The molecule has 3 rings (SSSR count). The van der Waals surface area contributed by atoms with Crippen LogP contribution in [-0.4, -0.2) is 0 Å². The summed E-state index contributed by atoms with van der Waals surface area (Å²) in [6.07, 6.45) is 4.50. The van der Waals surface area contributed by atoms with Gasteiger partial charge in [0.1, 0.15) is 0 Å². The summed E-state index contributed by atoms with van der Waals surface area (Å²) in [4.78, 5) is 0. The van der Waals surface area contributed by atoms with E-state index in [2.05, 4.69) is 77.5 Å². The van der Waals surface area contributed by atoms with Gasteiger partial charge in [-0.1, -0.05) is 64.5 Å². The third kappa shape index (κ3) is 1.85. The van der Waals surface area contributed by atoms with Crippen molar-refractivity contribution in [3.8, 4) is 0 Å². The Morgan fingerprint density at radius 3 is 2.59 bits per heavy atom. The van der Waals surface area contributed by atoms with E-state index in [1.807, 2.05) is 0 Å². The van der Waals surface area contributed by atoms with Crippen molar-refractivity contribution in [2.45, 2.75) is 12.8 Å². The monoisotopic (exact) mass is 284 g/mol. The molecule has 0 heterocycles. The van der Waals surface area contributed by atoms with Gasteiger partial charge in [-0.15, -0.1) is 0 Å². The van der Waals surface area contributed by atoms with Crippen molar-refractivity contribution in [1.29, 1.82) is 0 Å². The zero-order valence-electron chi connectivity index (χ0n) is 9.65. The summed E-state index contributed by atoms with van der Waals surface area (Å²) in [5, 5.41) is 0. The summed E-state index contributed by atoms with van der Waals surface area (Å²) in [6.45, 7) is 2.14. The van der Waals surface area contributed by atoms with Gasteiger partial charge in [0.25, 0.3) is 0 Å². The maximum absolute atomic E-state index is 3.65. The highest BCUT2D eigenvalue weighted by atomic mass is 79.9. The van der Waals surface area contributed by atoms with E-state index in [-0.39, 0.29) is 0 Å². The fourth-order valence-corrected chi connectivity index (χ4v) is 3.18. The largest absolute Gasteiger partial charge is 0.0720 e. The predicted molar refractivity (Wildman–Crippen MR) is 76.2 cm³/mol. The minimum atomic E-state index is 0.405. The second-order valence-electron chi connectivity index (χ2n) is 4.50. The van der Waals surface area contributed by atoms with Crippen LogP contribution in [0.4, 0.5) is 0 Å². The molecule has 0 N–H and O–H groups in total. The summed E-state index contributed by atoms with van der Waals surface area (Å²) in [5.41, 5.74) is 5.40. The molecule has 0 fully saturated rings. The Kier molecular flexibility index (Phi) is 2.64. The van der Waals surface area contributed by atoms with Crippen molar-refractivity contribution in [3.63, 3.8) is 0 Å². The lowest BCUT2D eigenvalue weighted by Gasteiger charge is -2.13. The molecule has 0 amide bonds. The van der Waals surface area contributed by atoms with Gasteiger partial charge in [-0.3, -0.25) is 0 Å². The van der Waals surface area contributed by atoms with Gasteiger partial charge in [0, 0.05) is 10.4 Å². The van der Waals surface area contributed by atoms with E-state index in [1.54, 1.807) is 0 Å². The lowest BCUT2D eigenvalue weighted by Crippen LogP contribution is -1.96. The molecular formula is C16H13Br. The van der Waals surface area contributed by atoms with Crippen molar-refractivity contribution in [3.05, 3.63) is 75.3 Å². The van der Waals surface area contributed by atoms with E-state index >= 15 is 0 Å². The minimum absolute atomic E-state index is 0.405. The average molecular weight is 285 g/mol. The number of allylic oxidation sites excluding steroid dienone is 1. The molecule has 0 saturated heterocycles. The number of halogens is 1. The number of aryl methyl sites for hydroxylation is 1. The summed E-state index contributed by atoms with van der Waals surface area (Å²) in [7, 11) is 0. The molecule has 1 heteroatoms. The molecule has 2 aromatic rings. The van der Waals surface area contributed by atoms with Crippen molar-refractivity contribution < 1.29 is 0 Å². The van der Waals surface area contributed by atoms with Crippen LogP contribution in [0.5, 0.6) is 0 Å². The van der Waals surface area contributed by atoms with Gasteiger partial charge >= 0.3 is 0 Å². The summed E-state index contributed by atoms with van der Waals surface area (Å²) in [5.74, 6) is 0.405. The van der Waals surface area contributed by atoms with Crippen LogP contribution in [0, 0.1) is 6.92 Å². The van der Waals surface area contributed by atoms with Gasteiger partial charge in [0.15, 0.2) is 0 Å². The Balaban J connectivity index is 2.13. The maximum Gasteiger partial charge on any atom is 0.0279 e. The van der Waals surface area contributed by atoms with E-state index in [1.165, 1.54) is 26.7 Å². The van der Waals surface area contributed by atoms with Crippen molar-refractivity contribution in [2.24, 2.45) is 0 Å². The maximum atomic E-state index is 3.65. The highest BCUT2D eigenvalue weighted by molar-refractivity contribution is 9.10. The SMILES string of the molecule is Cc1cc(Br)c2c(c1)C(c1ccccc1)C=C2. The zero-order chi connectivity index (χ0) is 11.8. The molecule has 17 heavy (non-hydrogen) atoms. The molecule has 1 atom stereocenters. The molecule has 0 radical (unpaired) electrons. The van der Waals surface area contributed by atoms with Crippen LogP contribution in [0.2, 0.25) is 0 Å². The average Bonchev–Trinajstić information content (AvgIpc) is 2.74. The molecule has 0 saturated carbocycles. The number of hydrogen-bond donors (Lipinski definition) is 0. The molecule has 0 aliphatic heterocycles. The minimum Gasteiger partial charge on any atom is -0.0720 e. The van der Waals surface area contributed by atoms with E-state index in [9.17, 15) is 0 Å². The molecule has 0 nitrogen and oxygen atoms in total. The van der Waals surface area contributed by atoms with Crippen LogP contribution in [0.3, 0.4) is 0 Å². The molecule has 0 aromatic heterocycles. The van der Waals surface area contributed by atoms with Gasteiger partial charge in [0.05, 0.1) is 0 Å². The second kappa shape index (κ2) is 4.15. The fraction of sp³-hybridized carbons (Fsp3) is 0.125. The van der Waals surface area contributed by atoms with Crippen molar-refractivity contribution in [2.75, 3.05) is 0 Å². The van der Waals surface area contributed by atoms with Crippen LogP contribution < -0.4 is 0 Å². The molecule has 0 spiro atoms. The first kappa shape index (κ1) is 10.8. The Labute approximate surface area is 110 Å². The Morgan fingerprint density at radius 1 is 1.06 bits per heavy atom. The number of rotatable bonds is 1. The van der Waals surface area contributed by atoms with Crippen LogP contribution in [0.15, 0.2) is 53.0 Å². The third-order valence-corrected chi connectivity index (χ3v) is 3.91. The molecule has 1 aliphatic rings. The topological polar surface area (TPSA) is 0 Å². The van der Waals surface area contributed by atoms with E-state index < -0.39 is 0 Å². The Bertz CT molecular complexity index is 582. The second-order valence-corrected chi connectivity index (χ2v) is 5.35. The fourth-order valence-electron chi connectivity index (χ4n) is 2.46. The number of fused-ring (bicyclic) bond motifs is 1. The lowest BCUT2D eigenvalue weighted by molar-refractivity contribution is 1.04. The summed E-state index contributed by atoms with van der Waals surface area (Å²) >= 11 is 3.65. The molecule has 0 bridgehead atoms. The lowest BCUT2D eigenvalue weighted by atomic mass is 9.92. The van der Waals surface area contributed by atoms with Gasteiger partial charge in [0.2, 0.25) is 0 Å². The third-order valence-electron chi connectivity index (χ3n) is 3.25. The Morgan fingerprint density at radius 2 is 1.82 bits per heavy atom. The molecule has 1 aliphatic carbocycles. The van der Waals surface area contributed by atoms with E-state index in [0.717, 1.165) is 0 Å². The zero-order valence-corrected chi connectivity index (χ0v) is 11.2. The Hall–Kier alpha value is -1.34. The normalized spacial score (nSPS) is 17.2. The smallest absolute Gasteiger partial charge is 0.0279 e.